The molecule has 1 aliphatic heterocycles. The van der Waals surface area contributed by atoms with Gasteiger partial charge in [-0.2, -0.15) is 0 Å². The van der Waals surface area contributed by atoms with Crippen LogP contribution in [0.4, 0.5) is 13.2 Å². The van der Waals surface area contributed by atoms with E-state index in [1.807, 2.05) is 0 Å². The van der Waals surface area contributed by atoms with Gasteiger partial charge in [-0.3, -0.25) is 9.59 Å². The number of carbonyl (C=O) groups is 2. The number of benzene rings is 2. The molecule has 1 saturated heterocycles. The van der Waals surface area contributed by atoms with Crippen LogP contribution in [0.3, 0.4) is 0 Å². The fraction of sp³-hybridized carbons (Fsp3) is 0.333. The summed E-state index contributed by atoms with van der Waals surface area (Å²) in [5.41, 5.74) is -0.732. The Hall–Kier alpha value is -2.83. The third-order valence-electron chi connectivity index (χ3n) is 5.07. The molecule has 0 radical (unpaired) electrons. The Balaban J connectivity index is 1.69. The maximum Gasteiger partial charge on any atom is 0.259 e. The van der Waals surface area contributed by atoms with Crippen molar-refractivity contribution < 1.29 is 22.8 Å². The normalized spacial score (nSPS) is 19.4. The highest BCUT2D eigenvalue weighted by Gasteiger charge is 2.40. The lowest BCUT2D eigenvalue weighted by Crippen LogP contribution is -2.52. The summed E-state index contributed by atoms with van der Waals surface area (Å²) in [6.45, 7) is 2.34. The van der Waals surface area contributed by atoms with Crippen LogP contribution in [-0.2, 0) is 11.3 Å². The van der Waals surface area contributed by atoms with Crippen LogP contribution in [0.2, 0.25) is 0 Å². The number of amides is 2. The van der Waals surface area contributed by atoms with Crippen molar-refractivity contribution in [3.05, 3.63) is 71.0 Å². The smallest absolute Gasteiger partial charge is 0.259 e. The number of hydrogen-bond acceptors (Lipinski definition) is 2. The number of likely N-dealkylation sites (tertiary alicyclic amines) is 1. The van der Waals surface area contributed by atoms with Gasteiger partial charge in [-0.15, -0.1) is 0 Å². The van der Waals surface area contributed by atoms with Crippen LogP contribution < -0.4 is 5.32 Å². The van der Waals surface area contributed by atoms with E-state index in [1.165, 1.54) is 23.1 Å². The maximum atomic E-state index is 14.0. The number of nitrogens with one attached hydrogen (secondary N) is 1. The molecule has 0 aliphatic carbocycles. The molecule has 148 valence electrons. The van der Waals surface area contributed by atoms with Crippen LogP contribution in [0.1, 0.15) is 35.7 Å². The van der Waals surface area contributed by atoms with Crippen LogP contribution in [-0.4, -0.2) is 29.8 Å². The number of piperidine rings is 1. The van der Waals surface area contributed by atoms with Crippen molar-refractivity contribution in [3.63, 3.8) is 0 Å². The molecule has 1 fully saturated rings. The van der Waals surface area contributed by atoms with E-state index in [-0.39, 0.29) is 24.8 Å². The van der Waals surface area contributed by atoms with Gasteiger partial charge >= 0.3 is 0 Å². The minimum absolute atomic E-state index is 0.0643. The minimum Gasteiger partial charge on any atom is -0.351 e. The standard InChI is InChI=1S/C21H21F3N2O2/c1-21(20(28)25-12-14-6-8-15(22)9-7-14)10-3-11-26(13-21)19(27)18-16(23)4-2-5-17(18)24/h2,4-9H,3,10-13H2,1H3,(H,25,28). The summed E-state index contributed by atoms with van der Waals surface area (Å²) in [5.74, 6) is -3.21. The van der Waals surface area contributed by atoms with Crippen LogP contribution in [0, 0.1) is 22.9 Å². The second-order valence-corrected chi connectivity index (χ2v) is 7.30. The first-order chi connectivity index (χ1) is 13.3. The predicted octanol–water partition coefficient (Wildman–Crippen LogP) is 3.66. The van der Waals surface area contributed by atoms with E-state index in [4.69, 9.17) is 0 Å². The average molecular weight is 390 g/mol. The molecule has 2 aromatic rings. The fourth-order valence-electron chi connectivity index (χ4n) is 3.46. The van der Waals surface area contributed by atoms with Crippen LogP contribution in [0.15, 0.2) is 42.5 Å². The Morgan fingerprint density at radius 3 is 2.36 bits per heavy atom. The molecule has 0 saturated carbocycles. The average Bonchev–Trinajstić information content (AvgIpc) is 2.67. The zero-order chi connectivity index (χ0) is 20.3. The van der Waals surface area contributed by atoms with Crippen molar-refractivity contribution in [2.24, 2.45) is 5.41 Å². The second kappa shape index (κ2) is 8.04. The summed E-state index contributed by atoms with van der Waals surface area (Å²) in [7, 11) is 0. The van der Waals surface area contributed by atoms with Gasteiger partial charge in [-0.05, 0) is 49.6 Å². The molecule has 1 heterocycles. The van der Waals surface area contributed by atoms with Gasteiger partial charge in [0.1, 0.15) is 23.0 Å². The van der Waals surface area contributed by atoms with Crippen LogP contribution in [0.5, 0.6) is 0 Å². The van der Waals surface area contributed by atoms with Crippen molar-refractivity contribution in [2.75, 3.05) is 13.1 Å². The third kappa shape index (κ3) is 4.18. The first kappa shape index (κ1) is 19.9. The van der Waals surface area contributed by atoms with Gasteiger partial charge in [-0.1, -0.05) is 18.2 Å². The first-order valence-corrected chi connectivity index (χ1v) is 9.06. The number of hydrogen-bond donors (Lipinski definition) is 1. The Bertz CT molecular complexity index is 865. The van der Waals surface area contributed by atoms with Gasteiger partial charge in [0.15, 0.2) is 0 Å². The van der Waals surface area contributed by atoms with Crippen molar-refractivity contribution >= 4 is 11.8 Å². The van der Waals surface area contributed by atoms with E-state index in [1.54, 1.807) is 19.1 Å². The zero-order valence-corrected chi connectivity index (χ0v) is 15.5. The highest BCUT2D eigenvalue weighted by atomic mass is 19.1. The fourth-order valence-corrected chi connectivity index (χ4v) is 3.46. The van der Waals surface area contributed by atoms with E-state index in [2.05, 4.69) is 5.32 Å². The SMILES string of the molecule is CC1(C(=O)NCc2ccc(F)cc2)CCCN(C(=O)c2c(F)cccc2F)C1. The number of halogens is 3. The second-order valence-electron chi connectivity index (χ2n) is 7.30. The predicted molar refractivity (Wildman–Crippen MR) is 97.8 cm³/mol. The highest BCUT2D eigenvalue weighted by Crippen LogP contribution is 2.31. The lowest BCUT2D eigenvalue weighted by molar-refractivity contribution is -0.132. The van der Waals surface area contributed by atoms with Gasteiger partial charge in [0, 0.05) is 19.6 Å². The molecule has 1 atom stereocenters. The summed E-state index contributed by atoms with van der Waals surface area (Å²) in [4.78, 5) is 26.7. The maximum absolute atomic E-state index is 14.0. The Labute approximate surface area is 161 Å². The lowest BCUT2D eigenvalue weighted by atomic mass is 9.80. The van der Waals surface area contributed by atoms with Gasteiger partial charge in [0.2, 0.25) is 5.91 Å². The molecule has 2 amide bonds. The summed E-state index contributed by atoms with van der Waals surface area (Å²) in [6, 6.07) is 9.06. The largest absolute Gasteiger partial charge is 0.351 e. The third-order valence-corrected chi connectivity index (χ3v) is 5.07. The Morgan fingerprint density at radius 2 is 1.71 bits per heavy atom. The summed E-state index contributed by atoms with van der Waals surface area (Å²) in [5, 5.41) is 2.80. The van der Waals surface area contributed by atoms with E-state index in [9.17, 15) is 22.8 Å². The quantitative estimate of drug-likeness (QED) is 0.866. The molecule has 7 heteroatoms. The molecule has 1 aliphatic rings. The monoisotopic (exact) mass is 390 g/mol. The van der Waals surface area contributed by atoms with Crippen molar-refractivity contribution in [1.29, 1.82) is 0 Å². The molecule has 1 N–H and O–H groups in total. The zero-order valence-electron chi connectivity index (χ0n) is 15.5. The minimum atomic E-state index is -0.918. The molecule has 3 rings (SSSR count). The van der Waals surface area contributed by atoms with Crippen molar-refractivity contribution in [2.45, 2.75) is 26.3 Å². The highest BCUT2D eigenvalue weighted by molar-refractivity contribution is 5.95. The Kier molecular flexibility index (Phi) is 5.72. The van der Waals surface area contributed by atoms with Crippen molar-refractivity contribution in [1.82, 2.24) is 10.2 Å². The molecule has 2 aromatic carbocycles. The molecular formula is C21H21F3N2O2. The van der Waals surface area contributed by atoms with E-state index in [0.717, 1.165) is 17.7 Å². The van der Waals surface area contributed by atoms with E-state index < -0.39 is 28.5 Å². The Morgan fingerprint density at radius 1 is 1.07 bits per heavy atom. The summed E-state index contributed by atoms with van der Waals surface area (Å²) < 4.78 is 40.9. The van der Waals surface area contributed by atoms with Gasteiger partial charge in [0.05, 0.1) is 5.41 Å². The molecule has 1 unspecified atom stereocenters. The molecular weight excluding hydrogens is 369 g/mol. The van der Waals surface area contributed by atoms with E-state index in [0.29, 0.717) is 19.4 Å². The molecule has 0 bridgehead atoms. The van der Waals surface area contributed by atoms with Gasteiger partial charge < -0.3 is 10.2 Å². The summed E-state index contributed by atoms with van der Waals surface area (Å²) >= 11 is 0. The molecule has 4 nitrogen and oxygen atoms in total. The lowest BCUT2D eigenvalue weighted by Gasteiger charge is -2.39. The molecule has 0 spiro atoms. The molecule has 28 heavy (non-hydrogen) atoms. The van der Waals surface area contributed by atoms with Crippen LogP contribution in [0.25, 0.3) is 0 Å². The topological polar surface area (TPSA) is 49.4 Å². The molecule has 0 aromatic heterocycles. The van der Waals surface area contributed by atoms with Gasteiger partial charge in [0.25, 0.3) is 5.91 Å². The van der Waals surface area contributed by atoms with Gasteiger partial charge in [-0.25, -0.2) is 13.2 Å². The number of rotatable bonds is 4. The number of carbonyl (C=O) groups excluding carboxylic acids is 2. The van der Waals surface area contributed by atoms with E-state index >= 15 is 0 Å². The van der Waals surface area contributed by atoms with Crippen LogP contribution >= 0.6 is 0 Å². The first-order valence-electron chi connectivity index (χ1n) is 9.06. The van der Waals surface area contributed by atoms with Crippen molar-refractivity contribution in [3.8, 4) is 0 Å². The number of nitrogens with zero attached hydrogens (tertiary/aromatic N) is 1. The summed E-state index contributed by atoms with van der Waals surface area (Å²) in [6.07, 6.45) is 1.09.